The topological polar surface area (TPSA) is 58.6 Å². The second-order valence-corrected chi connectivity index (χ2v) is 3.33. The van der Waals surface area contributed by atoms with Gasteiger partial charge < -0.3 is 15.2 Å². The molecule has 1 aromatic carbocycles. The molecular formula is C12H15NO3. The molecule has 0 heterocycles. The van der Waals surface area contributed by atoms with E-state index in [0.717, 1.165) is 23.1 Å². The van der Waals surface area contributed by atoms with Crippen LogP contribution in [0.3, 0.4) is 0 Å². The fourth-order valence-corrected chi connectivity index (χ4v) is 1.29. The molecule has 0 unspecified atom stereocenters. The van der Waals surface area contributed by atoms with Crippen LogP contribution in [0.25, 0.3) is 0 Å². The number of ether oxygens (including phenoxy) is 1. The zero-order chi connectivity index (χ0) is 12.0. The van der Waals surface area contributed by atoms with Gasteiger partial charge in [-0.15, -0.1) is 0 Å². The van der Waals surface area contributed by atoms with Gasteiger partial charge in [0.1, 0.15) is 5.75 Å². The second kappa shape index (κ2) is 5.80. The number of hydrogen-bond acceptors (Lipinski definition) is 3. The predicted octanol–water partition coefficient (Wildman–Crippen LogP) is 2.06. The van der Waals surface area contributed by atoms with Crippen LogP contribution in [0.5, 0.6) is 5.75 Å². The highest BCUT2D eigenvalue weighted by atomic mass is 16.5. The number of methoxy groups -OCH3 is 1. The first kappa shape index (κ1) is 12.1. The first-order valence-corrected chi connectivity index (χ1v) is 4.91. The molecule has 4 heteroatoms. The second-order valence-electron chi connectivity index (χ2n) is 3.33. The number of nitrogens with one attached hydrogen (secondary N) is 1. The molecule has 0 bridgehead atoms. The average Bonchev–Trinajstić information content (AvgIpc) is 2.24. The van der Waals surface area contributed by atoms with Crippen LogP contribution in [0, 0.1) is 6.92 Å². The van der Waals surface area contributed by atoms with Gasteiger partial charge in [-0.2, -0.15) is 0 Å². The lowest BCUT2D eigenvalue weighted by Gasteiger charge is -2.10. The molecule has 1 aromatic rings. The fraction of sp³-hybridized carbons (Fsp3) is 0.250. The number of benzene rings is 1. The van der Waals surface area contributed by atoms with Crippen LogP contribution < -0.4 is 10.1 Å². The van der Waals surface area contributed by atoms with Crippen molar-refractivity contribution in [3.63, 3.8) is 0 Å². The van der Waals surface area contributed by atoms with Gasteiger partial charge in [-0.1, -0.05) is 12.1 Å². The van der Waals surface area contributed by atoms with Gasteiger partial charge in [0, 0.05) is 12.6 Å². The first-order valence-electron chi connectivity index (χ1n) is 4.91. The van der Waals surface area contributed by atoms with Crippen molar-refractivity contribution in [3.05, 3.63) is 35.9 Å². The molecule has 0 saturated carbocycles. The maximum atomic E-state index is 10.2. The van der Waals surface area contributed by atoms with Crippen molar-refractivity contribution in [2.45, 2.75) is 6.92 Å². The van der Waals surface area contributed by atoms with Crippen LogP contribution in [0.4, 0.5) is 5.69 Å². The van der Waals surface area contributed by atoms with Crippen molar-refractivity contribution >= 4 is 11.7 Å². The Morgan fingerprint density at radius 2 is 2.31 bits per heavy atom. The Balaban J connectivity index is 2.65. The Morgan fingerprint density at radius 3 is 2.94 bits per heavy atom. The molecule has 0 aliphatic heterocycles. The van der Waals surface area contributed by atoms with E-state index < -0.39 is 5.97 Å². The molecule has 4 nitrogen and oxygen atoms in total. The molecule has 16 heavy (non-hydrogen) atoms. The lowest BCUT2D eigenvalue weighted by atomic mass is 10.2. The summed E-state index contributed by atoms with van der Waals surface area (Å²) in [5.74, 6) is -0.202. The molecule has 86 valence electrons. The van der Waals surface area contributed by atoms with E-state index in [0.29, 0.717) is 6.54 Å². The summed E-state index contributed by atoms with van der Waals surface area (Å²) < 4.78 is 5.18. The van der Waals surface area contributed by atoms with Gasteiger partial charge in [0.05, 0.1) is 12.8 Å². The maximum absolute atomic E-state index is 10.2. The molecule has 1 rings (SSSR count). The van der Waals surface area contributed by atoms with Gasteiger partial charge in [-0.05, 0) is 24.6 Å². The number of carbonyl (C=O) groups is 1. The molecular weight excluding hydrogens is 206 g/mol. The Kier molecular flexibility index (Phi) is 4.39. The summed E-state index contributed by atoms with van der Waals surface area (Å²) in [5, 5.41) is 11.5. The largest absolute Gasteiger partial charge is 0.495 e. The number of carboxylic acids is 1. The SMILES string of the molecule is COc1ccc(C)cc1NC/C=C/C(=O)O. The minimum Gasteiger partial charge on any atom is -0.495 e. The maximum Gasteiger partial charge on any atom is 0.328 e. The Labute approximate surface area is 94.6 Å². The van der Waals surface area contributed by atoms with Crippen LogP contribution >= 0.6 is 0 Å². The number of aryl methyl sites for hydroxylation is 1. The minimum absolute atomic E-state index is 0.451. The number of carboxylic acid groups (broad SMARTS) is 1. The first-order chi connectivity index (χ1) is 7.63. The minimum atomic E-state index is -0.946. The highest BCUT2D eigenvalue weighted by Gasteiger charge is 2.00. The molecule has 0 aliphatic carbocycles. The Bertz CT molecular complexity index is 399. The molecule has 0 amide bonds. The number of hydrogen-bond donors (Lipinski definition) is 2. The van der Waals surface area contributed by atoms with E-state index in [4.69, 9.17) is 9.84 Å². The summed E-state index contributed by atoms with van der Waals surface area (Å²) in [7, 11) is 1.60. The molecule has 0 atom stereocenters. The van der Waals surface area contributed by atoms with E-state index in [9.17, 15) is 4.79 Å². The molecule has 2 N–H and O–H groups in total. The number of anilines is 1. The van der Waals surface area contributed by atoms with Gasteiger partial charge in [-0.3, -0.25) is 0 Å². The summed E-state index contributed by atoms with van der Waals surface area (Å²) in [6.45, 7) is 2.43. The summed E-state index contributed by atoms with van der Waals surface area (Å²) in [6.07, 6.45) is 2.65. The molecule has 0 radical (unpaired) electrons. The smallest absolute Gasteiger partial charge is 0.328 e. The fourth-order valence-electron chi connectivity index (χ4n) is 1.29. The third kappa shape index (κ3) is 3.65. The quantitative estimate of drug-likeness (QED) is 0.747. The van der Waals surface area contributed by atoms with E-state index in [1.54, 1.807) is 13.2 Å². The summed E-state index contributed by atoms with van der Waals surface area (Å²) in [4.78, 5) is 10.2. The monoisotopic (exact) mass is 221 g/mol. The van der Waals surface area contributed by atoms with Crippen molar-refractivity contribution in [3.8, 4) is 5.75 Å². The molecule has 0 spiro atoms. The van der Waals surface area contributed by atoms with Crippen molar-refractivity contribution in [1.29, 1.82) is 0 Å². The zero-order valence-electron chi connectivity index (χ0n) is 9.36. The summed E-state index contributed by atoms with van der Waals surface area (Å²) >= 11 is 0. The summed E-state index contributed by atoms with van der Waals surface area (Å²) in [5.41, 5.74) is 1.98. The van der Waals surface area contributed by atoms with Gasteiger partial charge in [0.2, 0.25) is 0 Å². The van der Waals surface area contributed by atoms with Gasteiger partial charge in [0.15, 0.2) is 0 Å². The number of rotatable bonds is 5. The van der Waals surface area contributed by atoms with Crippen LogP contribution in [0.1, 0.15) is 5.56 Å². The van der Waals surface area contributed by atoms with E-state index in [1.165, 1.54) is 0 Å². The van der Waals surface area contributed by atoms with E-state index >= 15 is 0 Å². The predicted molar refractivity (Wildman–Crippen MR) is 63.0 cm³/mol. The van der Waals surface area contributed by atoms with Gasteiger partial charge in [0.25, 0.3) is 0 Å². The Hall–Kier alpha value is -1.97. The zero-order valence-corrected chi connectivity index (χ0v) is 9.36. The van der Waals surface area contributed by atoms with Gasteiger partial charge >= 0.3 is 5.97 Å². The standard InChI is InChI=1S/C12H15NO3/c1-9-5-6-11(16-2)10(8-9)13-7-3-4-12(14)15/h3-6,8,13H,7H2,1-2H3,(H,14,15)/b4-3+. The van der Waals surface area contributed by atoms with E-state index in [2.05, 4.69) is 5.32 Å². The summed E-state index contributed by atoms with van der Waals surface area (Å²) in [6, 6.07) is 5.78. The molecule has 0 fully saturated rings. The third-order valence-electron chi connectivity index (χ3n) is 2.03. The average molecular weight is 221 g/mol. The van der Waals surface area contributed by atoms with Crippen molar-refractivity contribution in [2.24, 2.45) is 0 Å². The Morgan fingerprint density at radius 1 is 1.56 bits per heavy atom. The van der Waals surface area contributed by atoms with Crippen LogP contribution in [-0.2, 0) is 4.79 Å². The molecule has 0 aromatic heterocycles. The van der Waals surface area contributed by atoms with E-state index in [1.807, 2.05) is 25.1 Å². The number of aliphatic carboxylic acids is 1. The van der Waals surface area contributed by atoms with Crippen LogP contribution in [0.15, 0.2) is 30.4 Å². The molecule has 0 saturated heterocycles. The highest BCUT2D eigenvalue weighted by molar-refractivity contribution is 5.79. The van der Waals surface area contributed by atoms with Gasteiger partial charge in [-0.25, -0.2) is 4.79 Å². The van der Waals surface area contributed by atoms with Crippen LogP contribution in [-0.4, -0.2) is 24.7 Å². The highest BCUT2D eigenvalue weighted by Crippen LogP contribution is 2.24. The van der Waals surface area contributed by atoms with Crippen LogP contribution in [0.2, 0.25) is 0 Å². The lowest BCUT2D eigenvalue weighted by Crippen LogP contribution is -2.01. The normalized spacial score (nSPS) is 10.4. The third-order valence-corrected chi connectivity index (χ3v) is 2.03. The van der Waals surface area contributed by atoms with Crippen molar-refractivity contribution in [2.75, 3.05) is 19.0 Å². The van der Waals surface area contributed by atoms with Crippen molar-refractivity contribution in [1.82, 2.24) is 0 Å². The van der Waals surface area contributed by atoms with Crippen molar-refractivity contribution < 1.29 is 14.6 Å². The molecule has 0 aliphatic rings. The lowest BCUT2D eigenvalue weighted by molar-refractivity contribution is -0.131. The van der Waals surface area contributed by atoms with E-state index in [-0.39, 0.29) is 0 Å².